The van der Waals surface area contributed by atoms with Gasteiger partial charge in [0.05, 0.1) is 13.0 Å². The van der Waals surface area contributed by atoms with E-state index in [9.17, 15) is 8.78 Å². The van der Waals surface area contributed by atoms with E-state index in [4.69, 9.17) is 15.4 Å². The SMILES string of the molecule is CC(Cc1noc(Cc2c(F)cccc2F)n1)C(N)CO. The Kier molecular flexibility index (Phi) is 4.98. The highest BCUT2D eigenvalue weighted by molar-refractivity contribution is 5.22. The Morgan fingerprint density at radius 3 is 2.62 bits per heavy atom. The molecule has 0 fully saturated rings. The summed E-state index contributed by atoms with van der Waals surface area (Å²) in [7, 11) is 0. The van der Waals surface area contributed by atoms with Crippen LogP contribution in [0.4, 0.5) is 8.78 Å². The van der Waals surface area contributed by atoms with Crippen LogP contribution in [0, 0.1) is 17.6 Å². The molecule has 0 aliphatic heterocycles. The molecular formula is C14H17F2N3O2. The Hall–Kier alpha value is -1.86. The molecule has 1 aromatic carbocycles. The van der Waals surface area contributed by atoms with Crippen LogP contribution >= 0.6 is 0 Å². The van der Waals surface area contributed by atoms with Crippen LogP contribution in [-0.2, 0) is 12.8 Å². The van der Waals surface area contributed by atoms with Gasteiger partial charge in [-0.3, -0.25) is 0 Å². The van der Waals surface area contributed by atoms with E-state index in [1.54, 1.807) is 0 Å². The molecule has 0 amide bonds. The van der Waals surface area contributed by atoms with Gasteiger partial charge in [-0.2, -0.15) is 4.98 Å². The number of hydrogen-bond acceptors (Lipinski definition) is 5. The van der Waals surface area contributed by atoms with Crippen molar-refractivity contribution in [1.29, 1.82) is 0 Å². The monoisotopic (exact) mass is 297 g/mol. The number of nitrogens with two attached hydrogens (primary N) is 1. The van der Waals surface area contributed by atoms with Gasteiger partial charge >= 0.3 is 0 Å². The molecule has 5 nitrogen and oxygen atoms in total. The highest BCUT2D eigenvalue weighted by Crippen LogP contribution is 2.17. The number of nitrogens with zero attached hydrogens (tertiary/aromatic N) is 2. The smallest absolute Gasteiger partial charge is 0.231 e. The van der Waals surface area contributed by atoms with Crippen molar-refractivity contribution >= 4 is 0 Å². The molecule has 0 bridgehead atoms. The fourth-order valence-electron chi connectivity index (χ4n) is 1.92. The van der Waals surface area contributed by atoms with Gasteiger partial charge in [0.25, 0.3) is 0 Å². The lowest BCUT2D eigenvalue weighted by Gasteiger charge is -2.14. The van der Waals surface area contributed by atoms with E-state index < -0.39 is 11.6 Å². The second-order valence-corrected chi connectivity index (χ2v) is 5.01. The molecule has 2 atom stereocenters. The van der Waals surface area contributed by atoms with Crippen molar-refractivity contribution in [2.75, 3.05) is 6.61 Å². The van der Waals surface area contributed by atoms with Crippen LogP contribution in [0.15, 0.2) is 22.7 Å². The summed E-state index contributed by atoms with van der Waals surface area (Å²) in [6, 6.07) is 3.28. The highest BCUT2D eigenvalue weighted by Gasteiger charge is 2.18. The average Bonchev–Trinajstić information content (AvgIpc) is 2.89. The number of aliphatic hydroxyl groups is 1. The van der Waals surface area contributed by atoms with Gasteiger partial charge in [0.15, 0.2) is 5.82 Å². The molecular weight excluding hydrogens is 280 g/mol. The van der Waals surface area contributed by atoms with Gasteiger partial charge in [-0.05, 0) is 18.1 Å². The standard InChI is InChI=1S/C14H17F2N3O2/c1-8(12(17)7-20)5-13-18-14(21-19-13)6-9-10(15)3-2-4-11(9)16/h2-4,8,12,20H,5-7,17H2,1H3. The molecule has 0 spiro atoms. The molecule has 1 heterocycles. The zero-order valence-corrected chi connectivity index (χ0v) is 11.6. The van der Waals surface area contributed by atoms with Gasteiger partial charge in [0, 0.05) is 18.0 Å². The molecule has 114 valence electrons. The van der Waals surface area contributed by atoms with Gasteiger partial charge in [-0.1, -0.05) is 18.1 Å². The van der Waals surface area contributed by atoms with Crippen LogP contribution in [0.3, 0.4) is 0 Å². The van der Waals surface area contributed by atoms with Gasteiger partial charge < -0.3 is 15.4 Å². The Labute approximate surface area is 120 Å². The van der Waals surface area contributed by atoms with E-state index in [1.165, 1.54) is 18.2 Å². The second kappa shape index (κ2) is 6.73. The molecule has 2 rings (SSSR count). The van der Waals surface area contributed by atoms with E-state index in [1.807, 2.05) is 6.92 Å². The summed E-state index contributed by atoms with van der Waals surface area (Å²) in [6.07, 6.45) is 0.316. The third-order valence-corrected chi connectivity index (χ3v) is 3.35. The van der Waals surface area contributed by atoms with E-state index >= 15 is 0 Å². The minimum absolute atomic E-state index is 0.0364. The highest BCUT2D eigenvalue weighted by atomic mass is 19.1. The predicted molar refractivity (Wildman–Crippen MR) is 71.4 cm³/mol. The zero-order chi connectivity index (χ0) is 15.4. The van der Waals surface area contributed by atoms with E-state index in [-0.39, 0.29) is 36.4 Å². The molecule has 0 aliphatic carbocycles. The van der Waals surface area contributed by atoms with Crippen LogP contribution in [0.5, 0.6) is 0 Å². The topological polar surface area (TPSA) is 85.2 Å². The van der Waals surface area contributed by atoms with Crippen molar-refractivity contribution < 1.29 is 18.4 Å². The average molecular weight is 297 g/mol. The Morgan fingerprint density at radius 1 is 1.33 bits per heavy atom. The summed E-state index contributed by atoms with van der Waals surface area (Å²) >= 11 is 0. The molecule has 0 saturated carbocycles. The fourth-order valence-corrected chi connectivity index (χ4v) is 1.92. The third kappa shape index (κ3) is 3.83. The molecule has 2 unspecified atom stereocenters. The van der Waals surface area contributed by atoms with Crippen LogP contribution in [0.25, 0.3) is 0 Å². The summed E-state index contributed by atoms with van der Waals surface area (Å²) in [5.74, 6) is -0.793. The van der Waals surface area contributed by atoms with Crippen molar-refractivity contribution in [2.24, 2.45) is 11.7 Å². The quantitative estimate of drug-likeness (QED) is 0.842. The number of hydrogen-bond donors (Lipinski definition) is 2. The summed E-state index contributed by atoms with van der Waals surface area (Å²) < 4.78 is 32.1. The minimum atomic E-state index is -0.648. The molecule has 0 radical (unpaired) electrons. The van der Waals surface area contributed by atoms with E-state index in [0.29, 0.717) is 12.2 Å². The first-order valence-corrected chi connectivity index (χ1v) is 6.62. The van der Waals surface area contributed by atoms with Crippen molar-refractivity contribution in [3.05, 3.63) is 47.1 Å². The van der Waals surface area contributed by atoms with Crippen LogP contribution in [0.1, 0.15) is 24.2 Å². The summed E-state index contributed by atoms with van der Waals surface area (Å²) in [4.78, 5) is 4.10. The Balaban J connectivity index is 2.07. The molecule has 7 heteroatoms. The van der Waals surface area contributed by atoms with Gasteiger partial charge in [0.2, 0.25) is 5.89 Å². The first-order chi connectivity index (χ1) is 10.0. The van der Waals surface area contributed by atoms with E-state index in [0.717, 1.165) is 0 Å². The first-order valence-electron chi connectivity index (χ1n) is 6.62. The zero-order valence-electron chi connectivity index (χ0n) is 11.6. The largest absolute Gasteiger partial charge is 0.395 e. The lowest BCUT2D eigenvalue weighted by molar-refractivity contribution is 0.230. The second-order valence-electron chi connectivity index (χ2n) is 5.01. The molecule has 3 N–H and O–H groups in total. The summed E-state index contributed by atoms with van der Waals surface area (Å²) in [5, 5.41) is 12.7. The minimum Gasteiger partial charge on any atom is -0.395 e. The molecule has 1 aromatic heterocycles. The molecule has 21 heavy (non-hydrogen) atoms. The maximum Gasteiger partial charge on any atom is 0.231 e. The van der Waals surface area contributed by atoms with Gasteiger partial charge in [-0.25, -0.2) is 8.78 Å². The van der Waals surface area contributed by atoms with Gasteiger partial charge in [-0.15, -0.1) is 0 Å². The molecule has 0 saturated heterocycles. The number of halogens is 2. The van der Waals surface area contributed by atoms with Crippen molar-refractivity contribution in [2.45, 2.75) is 25.8 Å². The van der Waals surface area contributed by atoms with Crippen molar-refractivity contribution in [3.63, 3.8) is 0 Å². The predicted octanol–water partition coefficient (Wildman–Crippen LogP) is 1.44. The lowest BCUT2D eigenvalue weighted by atomic mass is 9.99. The third-order valence-electron chi connectivity index (χ3n) is 3.35. The first kappa shape index (κ1) is 15.5. The maximum atomic E-state index is 13.5. The van der Waals surface area contributed by atoms with Crippen LogP contribution in [-0.4, -0.2) is 27.9 Å². The van der Waals surface area contributed by atoms with Gasteiger partial charge in [0.1, 0.15) is 11.6 Å². The normalized spacial score (nSPS) is 14.1. The number of aromatic nitrogens is 2. The van der Waals surface area contributed by atoms with Crippen molar-refractivity contribution in [1.82, 2.24) is 10.1 Å². The number of rotatable bonds is 6. The number of benzene rings is 1. The van der Waals surface area contributed by atoms with Crippen molar-refractivity contribution in [3.8, 4) is 0 Å². The van der Waals surface area contributed by atoms with Crippen LogP contribution < -0.4 is 5.73 Å². The molecule has 2 aromatic rings. The summed E-state index contributed by atoms with van der Waals surface area (Å²) in [6.45, 7) is 1.72. The summed E-state index contributed by atoms with van der Waals surface area (Å²) in [5.41, 5.74) is 5.60. The Morgan fingerprint density at radius 2 is 2.00 bits per heavy atom. The van der Waals surface area contributed by atoms with E-state index in [2.05, 4.69) is 10.1 Å². The number of aliphatic hydroxyl groups excluding tert-OH is 1. The fraction of sp³-hybridized carbons (Fsp3) is 0.429. The Bertz CT molecular complexity index is 583. The molecule has 0 aliphatic rings. The van der Waals surface area contributed by atoms with Crippen LogP contribution in [0.2, 0.25) is 0 Å². The maximum absolute atomic E-state index is 13.5. The lowest BCUT2D eigenvalue weighted by Crippen LogP contribution is -2.33.